The van der Waals surface area contributed by atoms with Crippen molar-refractivity contribution in [1.29, 1.82) is 0 Å². The molecule has 0 bridgehead atoms. The van der Waals surface area contributed by atoms with Crippen LogP contribution in [0.1, 0.15) is 10.4 Å². The third-order valence-corrected chi connectivity index (χ3v) is 5.99. The summed E-state index contributed by atoms with van der Waals surface area (Å²) in [5.74, 6) is 1.88. The zero-order chi connectivity index (χ0) is 15.4. The Morgan fingerprint density at radius 3 is 2.82 bits per heavy atom. The van der Waals surface area contributed by atoms with Crippen LogP contribution in [0.25, 0.3) is 0 Å². The number of ether oxygens (including phenoxy) is 1. The molecule has 1 saturated heterocycles. The zero-order valence-corrected chi connectivity index (χ0v) is 14.8. The molecule has 22 heavy (non-hydrogen) atoms. The van der Waals surface area contributed by atoms with Crippen LogP contribution >= 0.6 is 35.3 Å². The summed E-state index contributed by atoms with van der Waals surface area (Å²) in [6.07, 6.45) is 0. The van der Waals surface area contributed by atoms with Crippen molar-refractivity contribution in [3.05, 3.63) is 52.2 Å². The van der Waals surface area contributed by atoms with Crippen molar-refractivity contribution in [2.45, 2.75) is 13.1 Å². The molecule has 0 aliphatic carbocycles. The Bertz CT molecular complexity index is 630. The van der Waals surface area contributed by atoms with Gasteiger partial charge in [0.05, 0.1) is 19.7 Å². The van der Waals surface area contributed by atoms with E-state index >= 15 is 0 Å². The highest BCUT2D eigenvalue weighted by molar-refractivity contribution is 8.22. The summed E-state index contributed by atoms with van der Waals surface area (Å²) in [6, 6.07) is 12.4. The van der Waals surface area contributed by atoms with Gasteiger partial charge in [-0.3, -0.25) is 4.90 Å². The minimum absolute atomic E-state index is 0.788. The number of methoxy groups -OCH3 is 1. The largest absolute Gasteiger partial charge is 0.496 e. The van der Waals surface area contributed by atoms with Gasteiger partial charge in [0, 0.05) is 23.5 Å². The second kappa shape index (κ2) is 7.46. The molecule has 0 saturated carbocycles. The Kier molecular flexibility index (Phi) is 5.36. The fraction of sp³-hybridized carbons (Fsp3) is 0.312. The molecule has 1 aromatic heterocycles. The van der Waals surface area contributed by atoms with E-state index < -0.39 is 0 Å². The van der Waals surface area contributed by atoms with Crippen LogP contribution < -0.4 is 4.74 Å². The fourth-order valence-electron chi connectivity index (χ4n) is 2.45. The molecule has 1 aromatic carbocycles. The number of rotatable bonds is 5. The third kappa shape index (κ3) is 3.81. The summed E-state index contributed by atoms with van der Waals surface area (Å²) < 4.78 is 6.41. The minimum atomic E-state index is 0.788. The van der Waals surface area contributed by atoms with Gasteiger partial charge in [0.15, 0.2) is 0 Å². The second-order valence-corrected chi connectivity index (χ2v) is 7.71. The molecule has 1 fully saturated rings. The Hall–Kier alpha value is -1.08. The standard InChI is InChI=1S/C16H18N2OS3/c1-19-15-7-3-2-5-13(15)9-18-11-17(12-22-16(18)20)10-14-6-4-8-21-14/h2-8H,9-12H2,1H3. The second-order valence-electron chi connectivity index (χ2n) is 5.10. The van der Waals surface area contributed by atoms with Crippen molar-refractivity contribution < 1.29 is 4.74 Å². The summed E-state index contributed by atoms with van der Waals surface area (Å²) in [5.41, 5.74) is 1.17. The Labute approximate surface area is 144 Å². The monoisotopic (exact) mass is 350 g/mol. The Morgan fingerprint density at radius 1 is 1.18 bits per heavy atom. The number of thiocarbonyl (C=S) groups is 1. The predicted octanol–water partition coefficient (Wildman–Crippen LogP) is 4.01. The number of hydrogen-bond donors (Lipinski definition) is 0. The summed E-state index contributed by atoms with van der Waals surface area (Å²) in [5, 5.41) is 2.13. The quantitative estimate of drug-likeness (QED) is 0.755. The molecule has 0 radical (unpaired) electrons. The first-order valence-corrected chi connectivity index (χ1v) is 9.32. The van der Waals surface area contributed by atoms with Gasteiger partial charge in [-0.2, -0.15) is 0 Å². The molecular weight excluding hydrogens is 332 g/mol. The van der Waals surface area contributed by atoms with Crippen LogP contribution in [-0.4, -0.2) is 33.8 Å². The average Bonchev–Trinajstić information content (AvgIpc) is 3.04. The maximum atomic E-state index is 5.53. The topological polar surface area (TPSA) is 15.7 Å². The molecular formula is C16H18N2OS3. The number of nitrogens with zero attached hydrogens (tertiary/aromatic N) is 2. The van der Waals surface area contributed by atoms with Crippen LogP contribution in [0.15, 0.2) is 41.8 Å². The molecule has 6 heteroatoms. The molecule has 0 N–H and O–H groups in total. The van der Waals surface area contributed by atoms with Crippen LogP contribution in [0.5, 0.6) is 5.75 Å². The van der Waals surface area contributed by atoms with Crippen LogP contribution in [0.3, 0.4) is 0 Å². The predicted molar refractivity (Wildman–Crippen MR) is 98.3 cm³/mol. The van der Waals surface area contributed by atoms with Crippen LogP contribution in [-0.2, 0) is 13.1 Å². The lowest BCUT2D eigenvalue weighted by Gasteiger charge is -2.36. The van der Waals surface area contributed by atoms with E-state index in [1.165, 1.54) is 10.4 Å². The van der Waals surface area contributed by atoms with Crippen molar-refractivity contribution in [2.75, 3.05) is 19.7 Å². The van der Waals surface area contributed by atoms with Crippen LogP contribution in [0, 0.1) is 0 Å². The van der Waals surface area contributed by atoms with Gasteiger partial charge in [0.2, 0.25) is 0 Å². The molecule has 2 heterocycles. The highest BCUT2D eigenvalue weighted by Gasteiger charge is 2.22. The van der Waals surface area contributed by atoms with Gasteiger partial charge in [-0.25, -0.2) is 0 Å². The molecule has 1 aliphatic rings. The number of hydrogen-bond acceptors (Lipinski definition) is 5. The smallest absolute Gasteiger partial charge is 0.138 e. The molecule has 0 unspecified atom stereocenters. The SMILES string of the molecule is COc1ccccc1CN1CN(Cc2cccs2)CSC1=S. The van der Waals surface area contributed by atoms with Gasteiger partial charge in [0.1, 0.15) is 10.1 Å². The van der Waals surface area contributed by atoms with Gasteiger partial charge in [0.25, 0.3) is 0 Å². The number of benzene rings is 1. The molecule has 3 rings (SSSR count). The Balaban J connectivity index is 1.67. The maximum absolute atomic E-state index is 5.53. The number of para-hydroxylation sites is 1. The van der Waals surface area contributed by atoms with Crippen LogP contribution in [0.2, 0.25) is 0 Å². The highest BCUT2D eigenvalue weighted by Crippen LogP contribution is 2.26. The van der Waals surface area contributed by atoms with Crippen molar-refractivity contribution in [1.82, 2.24) is 9.80 Å². The molecule has 116 valence electrons. The highest BCUT2D eigenvalue weighted by atomic mass is 32.2. The lowest BCUT2D eigenvalue weighted by molar-refractivity contribution is 0.201. The summed E-state index contributed by atoms with van der Waals surface area (Å²) in [6.45, 7) is 2.63. The van der Waals surface area contributed by atoms with Gasteiger partial charge < -0.3 is 9.64 Å². The van der Waals surface area contributed by atoms with E-state index in [1.807, 2.05) is 18.2 Å². The minimum Gasteiger partial charge on any atom is -0.496 e. The van der Waals surface area contributed by atoms with Crippen molar-refractivity contribution in [3.63, 3.8) is 0 Å². The van der Waals surface area contributed by atoms with Crippen molar-refractivity contribution >= 4 is 39.6 Å². The van der Waals surface area contributed by atoms with E-state index in [2.05, 4.69) is 33.4 Å². The summed E-state index contributed by atoms with van der Waals surface area (Å²) >= 11 is 9.07. The number of thioether (sulfide) groups is 1. The van der Waals surface area contributed by atoms with E-state index in [-0.39, 0.29) is 0 Å². The lowest BCUT2D eigenvalue weighted by atomic mass is 10.2. The van der Waals surface area contributed by atoms with E-state index in [4.69, 9.17) is 17.0 Å². The summed E-state index contributed by atoms with van der Waals surface area (Å²) in [4.78, 5) is 6.06. The molecule has 0 spiro atoms. The van der Waals surface area contributed by atoms with E-state index in [0.29, 0.717) is 0 Å². The Morgan fingerprint density at radius 2 is 2.05 bits per heavy atom. The van der Waals surface area contributed by atoms with Gasteiger partial charge in [-0.05, 0) is 17.5 Å². The van der Waals surface area contributed by atoms with Gasteiger partial charge in [-0.1, -0.05) is 48.2 Å². The zero-order valence-electron chi connectivity index (χ0n) is 12.4. The van der Waals surface area contributed by atoms with E-state index in [0.717, 1.165) is 35.7 Å². The molecule has 3 nitrogen and oxygen atoms in total. The van der Waals surface area contributed by atoms with Gasteiger partial charge in [-0.15, -0.1) is 11.3 Å². The van der Waals surface area contributed by atoms with Crippen molar-refractivity contribution in [3.8, 4) is 5.75 Å². The van der Waals surface area contributed by atoms with E-state index in [9.17, 15) is 0 Å². The molecule has 0 atom stereocenters. The first-order chi connectivity index (χ1) is 10.8. The average molecular weight is 351 g/mol. The normalized spacial score (nSPS) is 16.0. The molecule has 0 amide bonds. The van der Waals surface area contributed by atoms with E-state index in [1.54, 1.807) is 30.2 Å². The maximum Gasteiger partial charge on any atom is 0.138 e. The van der Waals surface area contributed by atoms with Crippen molar-refractivity contribution in [2.24, 2.45) is 0 Å². The molecule has 1 aliphatic heterocycles. The van der Waals surface area contributed by atoms with Crippen LogP contribution in [0.4, 0.5) is 0 Å². The first kappa shape index (κ1) is 15.8. The van der Waals surface area contributed by atoms with Gasteiger partial charge >= 0.3 is 0 Å². The molecule has 2 aromatic rings. The summed E-state index contributed by atoms with van der Waals surface area (Å²) in [7, 11) is 1.71. The fourth-order valence-corrected chi connectivity index (χ4v) is 4.25. The first-order valence-electron chi connectivity index (χ1n) is 7.04. The third-order valence-electron chi connectivity index (χ3n) is 3.51. The number of thiophene rings is 1. The lowest BCUT2D eigenvalue weighted by Crippen LogP contribution is -2.43.